The highest BCUT2D eigenvalue weighted by Gasteiger charge is 2.45. The highest BCUT2D eigenvalue weighted by atomic mass is 35.5. The van der Waals surface area contributed by atoms with Crippen LogP contribution in [0.3, 0.4) is 0 Å². The van der Waals surface area contributed by atoms with Gasteiger partial charge in [0.1, 0.15) is 23.7 Å². The Hall–Kier alpha value is -5.58. The van der Waals surface area contributed by atoms with Gasteiger partial charge in [0.25, 0.3) is 0 Å². The normalized spacial score (nSPS) is 21.9. The third kappa shape index (κ3) is 12.5. The first kappa shape index (κ1) is 43.5. The van der Waals surface area contributed by atoms with Crippen molar-refractivity contribution in [2.24, 2.45) is 11.1 Å². The fraction of sp³-hybridized carbons (Fsp3) is 0.415. The standard InChI is InChI=1S/C41H49ClFN7O8/c42-32-22-30(43)9-8-28(32)24-41-13-4-17-50(26-41)37(53)11-10-35(51)45-15-12-33(38(54)46-16-20-57-19-14-44)48-36(52)21-27-5-1-2-6-29(27)25-47-39(55)34(49-40(41)56)23-31-7-3-18-58-31/h1-3,5-11,18,22,33-34H,4,12-17,19-21,23-26,44H2,(H,45,51)(H,46,54)(H,47,55)(H,48,52)(H,49,56)/b11-10+/t33-,34-,41-/m0/s1. The second kappa shape index (κ2) is 21.3. The van der Waals surface area contributed by atoms with Gasteiger partial charge in [-0.1, -0.05) is 41.9 Å². The molecule has 3 heterocycles. The lowest BCUT2D eigenvalue weighted by Crippen LogP contribution is -2.58. The molecule has 0 aliphatic carbocycles. The van der Waals surface area contributed by atoms with Crippen LogP contribution in [0.25, 0.3) is 0 Å². The number of fused-ring (bicyclic) bond motifs is 3. The van der Waals surface area contributed by atoms with Crippen LogP contribution in [-0.4, -0.2) is 98.4 Å². The van der Waals surface area contributed by atoms with Crippen LogP contribution in [0.15, 0.2) is 77.4 Å². The summed E-state index contributed by atoms with van der Waals surface area (Å²) in [6, 6.07) is 12.0. The molecule has 0 radical (unpaired) electrons. The molecule has 1 aromatic heterocycles. The van der Waals surface area contributed by atoms with Crippen LogP contribution in [0.2, 0.25) is 5.02 Å². The van der Waals surface area contributed by atoms with Crippen LogP contribution in [0.5, 0.6) is 0 Å². The van der Waals surface area contributed by atoms with Crippen molar-refractivity contribution in [3.05, 3.63) is 106 Å². The average Bonchev–Trinajstić information content (AvgIpc) is 3.72. The van der Waals surface area contributed by atoms with Crippen LogP contribution in [-0.2, 0) is 59.3 Å². The zero-order chi connectivity index (χ0) is 41.5. The van der Waals surface area contributed by atoms with Crippen LogP contribution in [0, 0.1) is 11.2 Å². The maximum absolute atomic E-state index is 14.6. The van der Waals surface area contributed by atoms with E-state index in [0.717, 1.165) is 18.2 Å². The number of amides is 6. The Morgan fingerprint density at radius 1 is 1.02 bits per heavy atom. The summed E-state index contributed by atoms with van der Waals surface area (Å²) in [5.41, 5.74) is 5.83. The minimum absolute atomic E-state index is 0.00347. The van der Waals surface area contributed by atoms with Gasteiger partial charge in [0.15, 0.2) is 0 Å². The number of benzene rings is 2. The van der Waals surface area contributed by atoms with Gasteiger partial charge in [-0.2, -0.15) is 0 Å². The van der Waals surface area contributed by atoms with E-state index in [1.54, 1.807) is 36.4 Å². The number of nitrogens with one attached hydrogen (secondary N) is 5. The average molecular weight is 822 g/mol. The predicted molar refractivity (Wildman–Crippen MR) is 211 cm³/mol. The van der Waals surface area contributed by atoms with Crippen molar-refractivity contribution in [3.8, 4) is 0 Å². The number of carbonyl (C=O) groups is 6. The number of halogens is 2. The number of nitrogens with two attached hydrogens (primary N) is 1. The largest absolute Gasteiger partial charge is 0.469 e. The molecule has 0 unspecified atom stereocenters. The van der Waals surface area contributed by atoms with E-state index in [4.69, 9.17) is 26.5 Å². The van der Waals surface area contributed by atoms with Crippen LogP contribution < -0.4 is 32.3 Å². The number of carbonyl (C=O) groups excluding carboxylic acids is 6. The molecular weight excluding hydrogens is 773 g/mol. The highest BCUT2D eigenvalue weighted by Crippen LogP contribution is 2.37. The maximum atomic E-state index is 14.6. The third-order valence-corrected chi connectivity index (χ3v) is 10.4. The van der Waals surface area contributed by atoms with Crippen molar-refractivity contribution in [3.63, 3.8) is 0 Å². The van der Waals surface area contributed by atoms with Crippen molar-refractivity contribution < 1.29 is 42.3 Å². The first-order valence-electron chi connectivity index (χ1n) is 19.2. The lowest BCUT2D eigenvalue weighted by atomic mass is 9.74. The fourth-order valence-corrected chi connectivity index (χ4v) is 7.25. The Balaban J connectivity index is 1.45. The minimum atomic E-state index is -1.31. The summed E-state index contributed by atoms with van der Waals surface area (Å²) in [6.07, 6.45) is 4.22. The Bertz CT molecular complexity index is 1960. The molecular formula is C41H49ClFN7O8. The lowest BCUT2D eigenvalue weighted by molar-refractivity contribution is -0.141. The van der Waals surface area contributed by atoms with Gasteiger partial charge < -0.3 is 46.4 Å². The van der Waals surface area contributed by atoms with E-state index in [9.17, 15) is 33.2 Å². The van der Waals surface area contributed by atoms with E-state index < -0.39 is 58.8 Å². The topological polar surface area (TPSA) is 214 Å². The SMILES string of the molecule is NCCOCCNC(=O)[C@@H]1CCNC(=O)/C=C/C(=O)N2CCC[C@](Cc3ccc(F)cc3Cl)(C2)C(=O)N[C@@H](Cc2ccco2)C(=O)NCc2ccccc2CC(=O)N1. The van der Waals surface area contributed by atoms with Crippen molar-refractivity contribution >= 4 is 47.0 Å². The summed E-state index contributed by atoms with van der Waals surface area (Å²) in [4.78, 5) is 83.1. The maximum Gasteiger partial charge on any atom is 0.246 e. The van der Waals surface area contributed by atoms with Gasteiger partial charge in [-0.15, -0.1) is 0 Å². The molecule has 58 heavy (non-hydrogen) atoms. The molecule has 3 aromatic rings. The monoisotopic (exact) mass is 821 g/mol. The number of hydrogen-bond acceptors (Lipinski definition) is 9. The van der Waals surface area contributed by atoms with Gasteiger partial charge in [0.2, 0.25) is 35.4 Å². The fourth-order valence-electron chi connectivity index (χ4n) is 7.01. The van der Waals surface area contributed by atoms with E-state index in [1.165, 1.54) is 23.3 Å². The van der Waals surface area contributed by atoms with E-state index in [0.29, 0.717) is 48.4 Å². The molecule has 0 saturated carbocycles. The zero-order valence-electron chi connectivity index (χ0n) is 32.0. The quantitative estimate of drug-likeness (QED) is 0.163. The molecule has 6 amide bonds. The first-order chi connectivity index (χ1) is 28.0. The molecule has 2 bridgehead atoms. The molecule has 3 atom stereocenters. The predicted octanol–water partition coefficient (Wildman–Crippen LogP) is 1.46. The number of ether oxygens (including phenoxy) is 1. The summed E-state index contributed by atoms with van der Waals surface area (Å²) < 4.78 is 25.0. The number of hydrogen-bond donors (Lipinski definition) is 6. The molecule has 2 aromatic carbocycles. The molecule has 2 aliphatic heterocycles. The molecule has 15 nitrogen and oxygen atoms in total. The molecule has 17 heteroatoms. The lowest BCUT2D eigenvalue weighted by Gasteiger charge is -2.42. The Labute approximate surface area is 340 Å². The number of rotatable bonds is 10. The second-order valence-electron chi connectivity index (χ2n) is 14.3. The summed E-state index contributed by atoms with van der Waals surface area (Å²) in [5.74, 6) is -3.30. The highest BCUT2D eigenvalue weighted by molar-refractivity contribution is 6.31. The summed E-state index contributed by atoms with van der Waals surface area (Å²) >= 11 is 6.46. The molecule has 310 valence electrons. The second-order valence-corrected chi connectivity index (χ2v) is 14.7. The van der Waals surface area contributed by atoms with Gasteiger partial charge in [0.05, 0.1) is 31.3 Å². The van der Waals surface area contributed by atoms with Gasteiger partial charge >= 0.3 is 0 Å². The number of nitrogens with zero attached hydrogens (tertiary/aromatic N) is 1. The summed E-state index contributed by atoms with van der Waals surface area (Å²) in [5, 5.41) is 14.1. The van der Waals surface area contributed by atoms with Crippen molar-refractivity contribution in [2.75, 3.05) is 45.9 Å². The number of furan rings is 1. The van der Waals surface area contributed by atoms with Gasteiger partial charge in [-0.25, -0.2) is 4.39 Å². The van der Waals surface area contributed by atoms with Gasteiger partial charge in [0, 0.05) is 62.9 Å². The smallest absolute Gasteiger partial charge is 0.246 e. The molecule has 2 aliphatic rings. The van der Waals surface area contributed by atoms with Crippen molar-refractivity contribution in [2.45, 2.75) is 57.2 Å². The molecule has 0 spiro atoms. The minimum Gasteiger partial charge on any atom is -0.469 e. The number of piperidine rings is 1. The van der Waals surface area contributed by atoms with Crippen molar-refractivity contribution in [1.29, 1.82) is 0 Å². The Kier molecular flexibility index (Phi) is 16.0. The third-order valence-electron chi connectivity index (χ3n) is 10.0. The van der Waals surface area contributed by atoms with E-state index in [1.807, 2.05) is 0 Å². The van der Waals surface area contributed by atoms with Crippen LogP contribution in [0.1, 0.15) is 41.7 Å². The van der Waals surface area contributed by atoms with E-state index in [2.05, 4.69) is 26.6 Å². The Morgan fingerprint density at radius 2 is 1.83 bits per heavy atom. The van der Waals surface area contributed by atoms with E-state index in [-0.39, 0.29) is 70.0 Å². The summed E-state index contributed by atoms with van der Waals surface area (Å²) in [6.45, 7) is 1.19. The van der Waals surface area contributed by atoms with Crippen LogP contribution in [0.4, 0.5) is 4.39 Å². The van der Waals surface area contributed by atoms with Crippen LogP contribution >= 0.6 is 11.6 Å². The molecule has 5 rings (SSSR count). The molecule has 1 fully saturated rings. The van der Waals surface area contributed by atoms with Gasteiger partial charge in [-0.3, -0.25) is 28.8 Å². The van der Waals surface area contributed by atoms with Crippen molar-refractivity contribution in [1.82, 2.24) is 31.5 Å². The molecule has 1 saturated heterocycles. The zero-order valence-corrected chi connectivity index (χ0v) is 32.8. The van der Waals surface area contributed by atoms with Gasteiger partial charge in [-0.05, 0) is 66.6 Å². The van der Waals surface area contributed by atoms with E-state index >= 15 is 0 Å². The summed E-state index contributed by atoms with van der Waals surface area (Å²) in [7, 11) is 0. The molecule has 7 N–H and O–H groups in total. The Morgan fingerprint density at radius 3 is 2.59 bits per heavy atom. The first-order valence-corrected chi connectivity index (χ1v) is 19.6.